The van der Waals surface area contributed by atoms with E-state index in [-0.39, 0.29) is 65.5 Å². The number of nitrogens with one attached hydrogen (secondary N) is 2. The van der Waals surface area contributed by atoms with Crippen LogP contribution in [0.1, 0.15) is 26.7 Å². The zero-order chi connectivity index (χ0) is 16.7. The first-order chi connectivity index (χ1) is 9.62. The van der Waals surface area contributed by atoms with E-state index in [1.54, 1.807) is 23.0 Å². The smallest absolute Gasteiger partial charge is 0.235 e. The largest absolute Gasteiger partial charge is 1.00 e. The van der Waals surface area contributed by atoms with E-state index in [0.717, 1.165) is 6.92 Å². The maximum Gasteiger partial charge on any atom is 1.00 e. The molecule has 0 heterocycles. The maximum absolute atomic E-state index is 10.7. The summed E-state index contributed by atoms with van der Waals surface area (Å²) in [5.41, 5.74) is -0.226. The van der Waals surface area contributed by atoms with Gasteiger partial charge in [0.15, 0.2) is 21.1 Å². The molecule has 112 valence electrons. The molecule has 0 aromatic heterocycles. The number of nitro groups is 2. The van der Waals surface area contributed by atoms with E-state index in [1.165, 1.54) is 6.92 Å². The van der Waals surface area contributed by atoms with Crippen LogP contribution in [0.2, 0.25) is 0 Å². The first-order valence-electron chi connectivity index (χ1n) is 5.68. The summed E-state index contributed by atoms with van der Waals surface area (Å²) in [6.07, 6.45) is -0.821. The van der Waals surface area contributed by atoms with Crippen LogP contribution in [-0.2, 0) is 0 Å². The van der Waals surface area contributed by atoms with Crippen molar-refractivity contribution in [2.24, 2.45) is 5.92 Å². The Bertz CT molecular complexity index is 555. The minimum Gasteiger partial charge on any atom is -0.235 e. The van der Waals surface area contributed by atoms with Crippen LogP contribution in [-0.4, -0.2) is 21.1 Å². The second-order valence-electron chi connectivity index (χ2n) is 4.79. The molecule has 11 nitrogen and oxygen atoms in total. The molecule has 0 fully saturated rings. The Labute approximate surface area is 176 Å². The molecule has 0 saturated heterocycles. The fourth-order valence-corrected chi connectivity index (χ4v) is 1.92. The van der Waals surface area contributed by atoms with Crippen molar-refractivity contribution in [3.05, 3.63) is 20.2 Å². The molecule has 0 aliphatic carbocycles. The van der Waals surface area contributed by atoms with Gasteiger partial charge in [-0.3, -0.25) is 0 Å². The van der Waals surface area contributed by atoms with Crippen molar-refractivity contribution in [3.63, 3.8) is 0 Å². The van der Waals surface area contributed by atoms with Crippen molar-refractivity contribution in [1.29, 1.82) is 15.8 Å². The van der Waals surface area contributed by atoms with Gasteiger partial charge in [-0.15, -0.1) is 10.9 Å². The Morgan fingerprint density at radius 1 is 1.09 bits per heavy atom. The number of hydrogen-bond acceptors (Lipinski definition) is 7. The number of hydrazine groups is 2. The third-order valence-corrected chi connectivity index (χ3v) is 2.63. The van der Waals surface area contributed by atoms with Crippen molar-refractivity contribution >= 4 is 0 Å². The summed E-state index contributed by atoms with van der Waals surface area (Å²) >= 11 is 0. The first kappa shape index (κ1) is 26.8. The third-order valence-electron chi connectivity index (χ3n) is 2.63. The molecule has 3 atom stereocenters. The van der Waals surface area contributed by atoms with Gasteiger partial charge in [-0.1, -0.05) is 0 Å². The van der Waals surface area contributed by atoms with Crippen LogP contribution in [0.25, 0.3) is 0 Å². The number of nitrogens with zero attached hydrogens (tertiary/aromatic N) is 5. The molecule has 0 aromatic carbocycles. The Kier molecular flexibility index (Phi) is 13.3. The van der Waals surface area contributed by atoms with Crippen LogP contribution in [0, 0.1) is 60.1 Å². The van der Waals surface area contributed by atoms with Gasteiger partial charge >= 0.3 is 59.1 Å². The molecule has 23 heavy (non-hydrogen) atoms. The van der Waals surface area contributed by atoms with Gasteiger partial charge < -0.3 is 0 Å². The number of hydrogen-bond donors (Lipinski definition) is 2. The van der Waals surface area contributed by atoms with Gasteiger partial charge in [0.2, 0.25) is 0 Å². The monoisotopic (exact) mass is 341 g/mol. The molecule has 0 aromatic rings. The standard InChI is InChI=1S/C10H13N7O4.2Na/c1-8(4-11)3-10(7-13,15-17(20)21)5-9(2,6-12)14-16(18)19;;/h8,14-15H,3,5H2,1-2H3;;/q;2*+1. The van der Waals surface area contributed by atoms with Gasteiger partial charge in [-0.25, -0.2) is 20.2 Å². The maximum atomic E-state index is 10.7. The van der Waals surface area contributed by atoms with Crippen LogP contribution in [0.4, 0.5) is 0 Å². The van der Waals surface area contributed by atoms with E-state index in [2.05, 4.69) is 0 Å². The summed E-state index contributed by atoms with van der Waals surface area (Å²) < 4.78 is 0. The fraction of sp³-hybridized carbons (Fsp3) is 0.700. The van der Waals surface area contributed by atoms with Crippen LogP contribution in [0.5, 0.6) is 0 Å². The molecule has 0 rings (SSSR count). The Balaban J connectivity index is -0.00000200. The number of nitriles is 3. The molecular formula is C10H13N7Na2O4+2. The molecular weight excluding hydrogens is 328 g/mol. The summed E-state index contributed by atoms with van der Waals surface area (Å²) in [5, 5.41) is 46.3. The van der Waals surface area contributed by atoms with Crippen molar-refractivity contribution in [2.45, 2.75) is 37.8 Å². The molecule has 0 saturated carbocycles. The van der Waals surface area contributed by atoms with Crippen molar-refractivity contribution in [2.75, 3.05) is 0 Å². The van der Waals surface area contributed by atoms with Crippen LogP contribution < -0.4 is 70.0 Å². The van der Waals surface area contributed by atoms with E-state index >= 15 is 0 Å². The topological polar surface area (TPSA) is 182 Å². The van der Waals surface area contributed by atoms with E-state index < -0.39 is 33.5 Å². The van der Waals surface area contributed by atoms with Gasteiger partial charge in [0.25, 0.3) is 0 Å². The van der Waals surface area contributed by atoms with E-state index in [4.69, 9.17) is 10.5 Å². The quantitative estimate of drug-likeness (QED) is 0.246. The van der Waals surface area contributed by atoms with Gasteiger partial charge in [0.1, 0.15) is 0 Å². The SMILES string of the molecule is CC(C#N)CC(C#N)(CC(C)(C#N)N[N+](=O)[O-])N[N+](=O)[O-].[Na+].[Na+]. The molecule has 0 radical (unpaired) electrons. The first-order valence-corrected chi connectivity index (χ1v) is 5.68. The molecule has 0 aliphatic heterocycles. The molecule has 0 aliphatic rings. The van der Waals surface area contributed by atoms with E-state index in [0.29, 0.717) is 0 Å². The minimum atomic E-state index is -1.90. The summed E-state index contributed by atoms with van der Waals surface area (Å²) in [5.74, 6) is -0.726. The summed E-state index contributed by atoms with van der Waals surface area (Å²) in [4.78, 5) is 21.2. The minimum absolute atomic E-state index is 0. The van der Waals surface area contributed by atoms with E-state index in [9.17, 15) is 25.5 Å². The van der Waals surface area contributed by atoms with Gasteiger partial charge in [-0.05, 0) is 13.8 Å². The third kappa shape index (κ3) is 9.57. The van der Waals surface area contributed by atoms with Crippen LogP contribution in [0.15, 0.2) is 0 Å². The van der Waals surface area contributed by atoms with Crippen molar-refractivity contribution in [1.82, 2.24) is 10.9 Å². The summed E-state index contributed by atoms with van der Waals surface area (Å²) in [6.45, 7) is 2.58. The van der Waals surface area contributed by atoms with Gasteiger partial charge in [0.05, 0.1) is 18.2 Å². The normalized spacial score (nSPS) is 15.3. The predicted molar refractivity (Wildman–Crippen MR) is 66.6 cm³/mol. The molecule has 0 bridgehead atoms. The van der Waals surface area contributed by atoms with Crippen LogP contribution >= 0.6 is 0 Å². The van der Waals surface area contributed by atoms with Crippen LogP contribution in [0.3, 0.4) is 0 Å². The van der Waals surface area contributed by atoms with Gasteiger partial charge in [-0.2, -0.15) is 15.8 Å². The number of rotatable bonds is 8. The zero-order valence-corrected chi connectivity index (χ0v) is 17.4. The Hall–Kier alpha value is -1.13. The summed E-state index contributed by atoms with van der Waals surface area (Å²) in [7, 11) is 0. The van der Waals surface area contributed by atoms with Gasteiger partial charge in [0, 0.05) is 18.8 Å². The summed E-state index contributed by atoms with van der Waals surface area (Å²) in [6, 6.07) is 5.09. The Morgan fingerprint density at radius 2 is 1.57 bits per heavy atom. The average Bonchev–Trinajstić information content (AvgIpc) is 2.36. The molecule has 0 spiro atoms. The molecule has 3 unspecified atom stereocenters. The molecule has 13 heteroatoms. The average molecular weight is 341 g/mol. The fourth-order valence-electron chi connectivity index (χ4n) is 1.92. The van der Waals surface area contributed by atoms with Crippen molar-refractivity contribution < 1.29 is 69.2 Å². The molecule has 0 amide bonds. The van der Waals surface area contributed by atoms with E-state index in [1.807, 2.05) is 6.07 Å². The second-order valence-corrected chi connectivity index (χ2v) is 4.79. The molecule has 2 N–H and O–H groups in total. The predicted octanol–water partition coefficient (Wildman–Crippen LogP) is -5.96. The second kappa shape index (κ2) is 11.4. The Morgan fingerprint density at radius 3 is 1.87 bits per heavy atom. The van der Waals surface area contributed by atoms with Crippen molar-refractivity contribution in [3.8, 4) is 18.2 Å². The zero-order valence-electron chi connectivity index (χ0n) is 13.4.